The lowest BCUT2D eigenvalue weighted by atomic mass is 9.92. The summed E-state index contributed by atoms with van der Waals surface area (Å²) in [6.07, 6.45) is 27.3. The SMILES string of the molecule is CCCC(CCC)CCCCCCc1ccc2sc3c(ccc4c3ccc3c5cc(CCCCCCC(CCC)CCC)ccc5sc34)c2c1. The average Bonchev–Trinajstić information content (AvgIpc) is 3.69. The standard InChI is InChI=1S/C48H64S2/c1-5-17-35(18-6-2)21-13-9-11-15-23-37-25-31-45-43(33-37)41-29-27-40-39(47(41)49-45)28-30-42-44-34-38(26-32-46(44)50-48(40)42)24-16-12-10-14-22-36(19-7-3)20-8-4/h25-36H,5-24H2,1-4H3. The van der Waals surface area contributed by atoms with Crippen molar-refractivity contribution >= 4 is 73.8 Å². The summed E-state index contributed by atoms with van der Waals surface area (Å²) in [6.45, 7) is 9.38. The molecule has 0 radical (unpaired) electrons. The molecule has 0 amide bonds. The quantitative estimate of drug-likeness (QED) is 0.0617. The van der Waals surface area contributed by atoms with Gasteiger partial charge in [-0.25, -0.2) is 0 Å². The lowest BCUT2D eigenvalue weighted by Crippen LogP contribution is -1.99. The number of unbranched alkanes of at least 4 members (excludes halogenated alkanes) is 6. The molecular weight excluding hydrogens is 641 g/mol. The highest BCUT2D eigenvalue weighted by Crippen LogP contribution is 2.44. The van der Waals surface area contributed by atoms with Crippen LogP contribution in [-0.2, 0) is 12.8 Å². The van der Waals surface area contributed by atoms with Crippen molar-refractivity contribution in [3.63, 3.8) is 0 Å². The minimum atomic E-state index is 0.964. The van der Waals surface area contributed by atoms with Crippen LogP contribution in [0.15, 0.2) is 60.7 Å². The van der Waals surface area contributed by atoms with Gasteiger partial charge in [0.2, 0.25) is 0 Å². The maximum atomic E-state index is 2.51. The molecule has 2 heteroatoms. The Balaban J connectivity index is 1.10. The van der Waals surface area contributed by atoms with Crippen molar-refractivity contribution in [3.8, 4) is 0 Å². The van der Waals surface area contributed by atoms with Crippen LogP contribution in [0, 0.1) is 11.8 Å². The third-order valence-electron chi connectivity index (χ3n) is 11.6. The molecule has 0 atom stereocenters. The molecule has 0 fully saturated rings. The summed E-state index contributed by atoms with van der Waals surface area (Å²) in [5, 5.41) is 8.63. The Bertz CT molecular complexity index is 1780. The maximum absolute atomic E-state index is 2.51. The zero-order valence-electron chi connectivity index (χ0n) is 31.9. The zero-order chi connectivity index (χ0) is 34.7. The van der Waals surface area contributed by atoms with E-state index in [-0.39, 0.29) is 0 Å². The predicted octanol–water partition coefficient (Wildman–Crippen LogP) is 17.0. The second kappa shape index (κ2) is 18.9. The molecule has 0 spiro atoms. The molecule has 268 valence electrons. The van der Waals surface area contributed by atoms with E-state index in [1.54, 1.807) is 0 Å². The van der Waals surface area contributed by atoms with Crippen molar-refractivity contribution in [2.45, 2.75) is 156 Å². The summed E-state index contributed by atoms with van der Waals surface area (Å²) in [7, 11) is 0. The molecule has 0 saturated heterocycles. The van der Waals surface area contributed by atoms with E-state index in [9.17, 15) is 0 Å². The number of rotatable bonds is 22. The van der Waals surface area contributed by atoms with Crippen molar-refractivity contribution < 1.29 is 0 Å². The Labute approximate surface area is 312 Å². The van der Waals surface area contributed by atoms with Gasteiger partial charge in [0.25, 0.3) is 0 Å². The molecule has 4 aromatic carbocycles. The molecule has 0 bridgehead atoms. The lowest BCUT2D eigenvalue weighted by Gasteiger charge is -2.14. The van der Waals surface area contributed by atoms with Crippen molar-refractivity contribution in [3.05, 3.63) is 71.8 Å². The minimum absolute atomic E-state index is 0.964. The molecule has 0 aliphatic carbocycles. The van der Waals surface area contributed by atoms with E-state index in [0.29, 0.717) is 0 Å². The van der Waals surface area contributed by atoms with Gasteiger partial charge in [-0.05, 0) is 72.9 Å². The first-order valence-electron chi connectivity index (χ1n) is 20.8. The summed E-state index contributed by atoms with van der Waals surface area (Å²) in [5.74, 6) is 1.93. The average molecular weight is 705 g/mol. The molecule has 2 heterocycles. The number of fused-ring (bicyclic) bond motifs is 9. The first-order valence-corrected chi connectivity index (χ1v) is 22.5. The number of hydrogen-bond donors (Lipinski definition) is 0. The molecule has 0 N–H and O–H groups in total. The normalized spacial score (nSPS) is 12.4. The highest BCUT2D eigenvalue weighted by atomic mass is 32.1. The van der Waals surface area contributed by atoms with Gasteiger partial charge in [-0.15, -0.1) is 22.7 Å². The van der Waals surface area contributed by atoms with Crippen LogP contribution < -0.4 is 0 Å². The first-order chi connectivity index (χ1) is 24.6. The highest BCUT2D eigenvalue weighted by Gasteiger charge is 2.15. The summed E-state index contributed by atoms with van der Waals surface area (Å²) in [4.78, 5) is 0. The first kappa shape index (κ1) is 37.3. The van der Waals surface area contributed by atoms with Gasteiger partial charge in [-0.2, -0.15) is 0 Å². The summed E-state index contributed by atoms with van der Waals surface area (Å²) in [5.41, 5.74) is 3.02. The molecule has 6 aromatic rings. The number of aryl methyl sites for hydroxylation is 2. The molecule has 2 aromatic heterocycles. The van der Waals surface area contributed by atoms with Gasteiger partial charge in [0.05, 0.1) is 0 Å². The van der Waals surface area contributed by atoms with Gasteiger partial charge >= 0.3 is 0 Å². The Morgan fingerprint density at radius 3 is 1.12 bits per heavy atom. The van der Waals surface area contributed by atoms with Crippen molar-refractivity contribution in [1.29, 1.82) is 0 Å². The topological polar surface area (TPSA) is 0 Å². The van der Waals surface area contributed by atoms with Crippen LogP contribution in [0.2, 0.25) is 0 Å². The van der Waals surface area contributed by atoms with E-state index in [1.807, 2.05) is 22.7 Å². The number of benzene rings is 4. The fraction of sp³-hybridized carbons (Fsp3) is 0.542. The van der Waals surface area contributed by atoms with Crippen LogP contribution in [0.5, 0.6) is 0 Å². The number of hydrogen-bond acceptors (Lipinski definition) is 2. The molecule has 0 nitrogen and oxygen atoms in total. The largest absolute Gasteiger partial charge is 0.135 e. The van der Waals surface area contributed by atoms with Crippen molar-refractivity contribution in [2.75, 3.05) is 0 Å². The zero-order valence-corrected chi connectivity index (χ0v) is 33.5. The second-order valence-corrected chi connectivity index (χ2v) is 17.7. The molecule has 0 unspecified atom stereocenters. The number of thiophene rings is 2. The molecule has 50 heavy (non-hydrogen) atoms. The monoisotopic (exact) mass is 704 g/mol. The van der Waals surface area contributed by atoms with E-state index < -0.39 is 0 Å². The molecule has 6 rings (SSSR count). The smallest absolute Gasteiger partial charge is 0.0434 e. The summed E-state index contributed by atoms with van der Waals surface area (Å²) < 4.78 is 5.77. The van der Waals surface area contributed by atoms with Gasteiger partial charge in [0.15, 0.2) is 0 Å². The van der Waals surface area contributed by atoms with E-state index in [0.717, 1.165) is 11.8 Å². The van der Waals surface area contributed by atoms with Crippen LogP contribution in [0.3, 0.4) is 0 Å². The van der Waals surface area contributed by atoms with Gasteiger partial charge in [0, 0.05) is 51.1 Å². The Kier molecular flexibility index (Phi) is 14.1. The highest BCUT2D eigenvalue weighted by molar-refractivity contribution is 7.28. The Morgan fingerprint density at radius 1 is 0.380 bits per heavy atom. The summed E-state index contributed by atoms with van der Waals surface area (Å²) in [6, 6.07) is 24.3. The molecular formula is C48H64S2. The molecule has 0 saturated carbocycles. The third kappa shape index (κ3) is 9.14. The van der Waals surface area contributed by atoms with Crippen LogP contribution in [-0.4, -0.2) is 0 Å². The van der Waals surface area contributed by atoms with Gasteiger partial charge in [-0.3, -0.25) is 0 Å². The maximum Gasteiger partial charge on any atom is 0.0434 e. The molecule has 0 aliphatic rings. The summed E-state index contributed by atoms with van der Waals surface area (Å²) >= 11 is 3.98. The van der Waals surface area contributed by atoms with E-state index >= 15 is 0 Å². The van der Waals surface area contributed by atoms with Gasteiger partial charge < -0.3 is 0 Å². The van der Waals surface area contributed by atoms with Crippen molar-refractivity contribution in [2.24, 2.45) is 11.8 Å². The lowest BCUT2D eigenvalue weighted by molar-refractivity contribution is 0.391. The molecule has 0 aliphatic heterocycles. The van der Waals surface area contributed by atoms with Crippen LogP contribution >= 0.6 is 22.7 Å². The fourth-order valence-corrected chi connectivity index (χ4v) is 11.4. The second-order valence-electron chi connectivity index (χ2n) is 15.6. The Morgan fingerprint density at radius 2 is 0.740 bits per heavy atom. The minimum Gasteiger partial charge on any atom is -0.135 e. The van der Waals surface area contributed by atoms with E-state index in [2.05, 4.69) is 88.4 Å². The van der Waals surface area contributed by atoms with E-state index in [1.165, 1.54) is 191 Å². The predicted molar refractivity (Wildman–Crippen MR) is 230 cm³/mol. The Hall–Kier alpha value is -2.42. The van der Waals surface area contributed by atoms with Crippen LogP contribution in [0.4, 0.5) is 0 Å². The van der Waals surface area contributed by atoms with Crippen molar-refractivity contribution in [1.82, 2.24) is 0 Å². The van der Waals surface area contributed by atoms with Gasteiger partial charge in [-0.1, -0.05) is 167 Å². The van der Waals surface area contributed by atoms with Crippen LogP contribution in [0.25, 0.3) is 51.1 Å². The van der Waals surface area contributed by atoms with Gasteiger partial charge in [0.1, 0.15) is 0 Å². The van der Waals surface area contributed by atoms with Crippen LogP contribution in [0.1, 0.15) is 154 Å². The fourth-order valence-electron chi connectivity index (χ4n) is 9.01. The van der Waals surface area contributed by atoms with E-state index in [4.69, 9.17) is 0 Å². The third-order valence-corrected chi connectivity index (χ3v) is 14.1.